The van der Waals surface area contributed by atoms with Gasteiger partial charge in [-0.25, -0.2) is 0 Å². The minimum Gasteiger partial charge on any atom is -0.486 e. The maximum Gasteiger partial charge on any atom is 0.231 e. The van der Waals surface area contributed by atoms with E-state index in [9.17, 15) is 4.79 Å². The van der Waals surface area contributed by atoms with Gasteiger partial charge in [0.15, 0.2) is 0 Å². The Bertz CT molecular complexity index is 1220. The summed E-state index contributed by atoms with van der Waals surface area (Å²) in [5, 5.41) is 0. The summed E-state index contributed by atoms with van der Waals surface area (Å²) in [5.41, 5.74) is 10.6. The number of rotatable bonds is 7. The predicted molar refractivity (Wildman–Crippen MR) is 136 cm³/mol. The molecule has 2 heterocycles. The zero-order chi connectivity index (χ0) is 24.7. The van der Waals surface area contributed by atoms with Gasteiger partial charge in [-0.1, -0.05) is 42.5 Å². The molecule has 3 saturated carbocycles. The van der Waals surface area contributed by atoms with Gasteiger partial charge in [-0.2, -0.15) is 0 Å². The zero-order valence-corrected chi connectivity index (χ0v) is 21.3. The summed E-state index contributed by atoms with van der Waals surface area (Å²) in [6, 6.07) is 15.2. The van der Waals surface area contributed by atoms with Crippen LogP contribution in [0.2, 0.25) is 0 Å². The Morgan fingerprint density at radius 2 is 2.00 bits per heavy atom. The van der Waals surface area contributed by atoms with Gasteiger partial charge in [0.25, 0.3) is 0 Å². The summed E-state index contributed by atoms with van der Waals surface area (Å²) in [5.74, 6) is 1.08. The lowest BCUT2D eigenvalue weighted by molar-refractivity contribution is -0.283. The summed E-state index contributed by atoms with van der Waals surface area (Å²) in [4.78, 5) is 14.5. The Balaban J connectivity index is 1.32. The molecule has 4 bridgehead atoms. The van der Waals surface area contributed by atoms with Crippen LogP contribution in [0.25, 0.3) is 0 Å². The molecule has 1 saturated heterocycles. The fraction of sp³-hybridized carbons (Fsp3) is 0.567. The summed E-state index contributed by atoms with van der Waals surface area (Å²) in [6.45, 7) is 4.61. The maximum atomic E-state index is 12.1. The third kappa shape index (κ3) is 2.70. The van der Waals surface area contributed by atoms with Crippen LogP contribution in [-0.4, -0.2) is 55.4 Å². The summed E-state index contributed by atoms with van der Waals surface area (Å²) < 4.78 is 20.0. The number of primary amides is 1. The number of hydrogen-bond acceptors (Lipinski definition) is 5. The average molecular weight is 489 g/mol. The molecule has 6 heteroatoms. The number of amides is 1. The molecular formula is C30H36N2O4. The van der Waals surface area contributed by atoms with Crippen molar-refractivity contribution in [1.29, 1.82) is 0 Å². The van der Waals surface area contributed by atoms with Crippen LogP contribution in [0.15, 0.2) is 42.5 Å². The first kappa shape index (κ1) is 22.8. The van der Waals surface area contributed by atoms with Gasteiger partial charge in [0.2, 0.25) is 5.91 Å². The summed E-state index contributed by atoms with van der Waals surface area (Å²) in [6.07, 6.45) is 4.97. The molecule has 190 valence electrons. The highest BCUT2D eigenvalue weighted by Gasteiger charge is 2.80. The normalized spacial score (nSPS) is 37.4. The number of benzene rings is 2. The van der Waals surface area contributed by atoms with E-state index >= 15 is 0 Å². The van der Waals surface area contributed by atoms with Gasteiger partial charge >= 0.3 is 0 Å². The Kier molecular flexibility index (Phi) is 4.93. The lowest BCUT2D eigenvalue weighted by Crippen LogP contribution is -2.81. The highest BCUT2D eigenvalue weighted by molar-refractivity contribution is 5.76. The summed E-state index contributed by atoms with van der Waals surface area (Å²) in [7, 11) is 1.88. The number of fused-ring (bicyclic) bond motifs is 2. The van der Waals surface area contributed by atoms with Crippen LogP contribution in [-0.2, 0) is 32.7 Å². The van der Waals surface area contributed by atoms with Crippen LogP contribution in [0.3, 0.4) is 0 Å². The number of nitrogens with two attached hydrogens (primary N) is 1. The molecule has 0 radical (unpaired) electrons. The second kappa shape index (κ2) is 7.80. The Morgan fingerprint density at radius 3 is 2.78 bits per heavy atom. The van der Waals surface area contributed by atoms with Crippen LogP contribution in [0.1, 0.15) is 47.9 Å². The monoisotopic (exact) mass is 488 g/mol. The first-order chi connectivity index (χ1) is 17.4. The average Bonchev–Trinajstić information content (AvgIpc) is 3.25. The van der Waals surface area contributed by atoms with E-state index in [1.54, 1.807) is 0 Å². The number of aryl methyl sites for hydroxylation is 1. The van der Waals surface area contributed by atoms with Crippen molar-refractivity contribution in [3.63, 3.8) is 0 Å². The van der Waals surface area contributed by atoms with Crippen LogP contribution < -0.4 is 10.5 Å². The van der Waals surface area contributed by atoms with Crippen molar-refractivity contribution in [3.8, 4) is 5.75 Å². The molecule has 2 spiro atoms. The van der Waals surface area contributed by atoms with Crippen molar-refractivity contribution in [2.75, 3.05) is 26.8 Å². The molecule has 36 heavy (non-hydrogen) atoms. The standard InChI is InChI=1S/C30H36N2O4/c1-19-8-9-21-14-23-28-10-11-30(34-2,22(15-28)18-35-17-20-6-4-3-5-7-20)27-29(28,25(21)26(19)36-27)12-13-32(23)16-24(31)33/h3-9,22-23,27H,10-18H2,1-2H3,(H2,31,33)/t22-,23-,27-,28-,29+,30-/m1/s1. The number of hydrogen-bond donors (Lipinski definition) is 1. The fourth-order valence-electron chi connectivity index (χ4n) is 9.32. The molecular weight excluding hydrogens is 452 g/mol. The predicted octanol–water partition coefficient (Wildman–Crippen LogP) is 3.51. The fourth-order valence-corrected chi connectivity index (χ4v) is 9.32. The van der Waals surface area contributed by atoms with E-state index in [4.69, 9.17) is 19.9 Å². The molecule has 2 aromatic carbocycles. The topological polar surface area (TPSA) is 74.0 Å². The van der Waals surface area contributed by atoms with Gasteiger partial charge in [-0.15, -0.1) is 0 Å². The largest absolute Gasteiger partial charge is 0.486 e. The van der Waals surface area contributed by atoms with Crippen LogP contribution in [0.4, 0.5) is 0 Å². The maximum absolute atomic E-state index is 12.1. The zero-order valence-electron chi connectivity index (χ0n) is 21.3. The molecule has 0 aromatic heterocycles. The van der Waals surface area contributed by atoms with Crippen LogP contribution in [0, 0.1) is 18.3 Å². The number of ether oxygens (including phenoxy) is 3. The van der Waals surface area contributed by atoms with E-state index in [-0.39, 0.29) is 40.4 Å². The van der Waals surface area contributed by atoms with Crippen molar-refractivity contribution >= 4 is 5.91 Å². The molecule has 2 aliphatic heterocycles. The van der Waals surface area contributed by atoms with E-state index in [2.05, 4.69) is 48.2 Å². The van der Waals surface area contributed by atoms with E-state index in [0.717, 1.165) is 44.4 Å². The lowest BCUT2D eigenvalue weighted by atomic mass is 9.35. The number of likely N-dealkylation sites (tertiary alicyclic amines) is 1. The molecule has 4 fully saturated rings. The van der Waals surface area contributed by atoms with Crippen molar-refractivity contribution in [2.24, 2.45) is 17.1 Å². The molecule has 1 amide bonds. The molecule has 6 nitrogen and oxygen atoms in total. The number of carbonyl (C=O) groups is 1. The molecule has 8 rings (SSSR count). The van der Waals surface area contributed by atoms with Crippen molar-refractivity contribution in [3.05, 3.63) is 64.7 Å². The molecule has 4 aliphatic carbocycles. The highest BCUT2D eigenvalue weighted by atomic mass is 16.6. The quantitative estimate of drug-likeness (QED) is 0.646. The van der Waals surface area contributed by atoms with Gasteiger partial charge in [0.1, 0.15) is 17.5 Å². The van der Waals surface area contributed by atoms with Gasteiger partial charge < -0.3 is 19.9 Å². The van der Waals surface area contributed by atoms with Crippen molar-refractivity contribution < 1.29 is 19.0 Å². The van der Waals surface area contributed by atoms with E-state index in [1.807, 2.05) is 13.2 Å². The first-order valence-corrected chi connectivity index (χ1v) is 13.4. The Labute approximate surface area is 213 Å². The van der Waals surface area contributed by atoms with Gasteiger partial charge in [-0.05, 0) is 55.7 Å². The number of nitrogens with zero attached hydrogens (tertiary/aromatic N) is 1. The minimum atomic E-state index is -0.380. The third-order valence-electron chi connectivity index (χ3n) is 10.6. The number of methoxy groups -OCH3 is 1. The van der Waals surface area contributed by atoms with E-state index < -0.39 is 0 Å². The van der Waals surface area contributed by atoms with E-state index in [0.29, 0.717) is 19.8 Å². The first-order valence-electron chi connectivity index (χ1n) is 13.4. The van der Waals surface area contributed by atoms with Gasteiger partial charge in [0.05, 0.1) is 19.8 Å². The van der Waals surface area contributed by atoms with Gasteiger partial charge in [0, 0.05) is 42.0 Å². The highest BCUT2D eigenvalue weighted by Crippen LogP contribution is 2.76. The Morgan fingerprint density at radius 1 is 1.17 bits per heavy atom. The molecule has 6 aliphatic rings. The third-order valence-corrected chi connectivity index (χ3v) is 10.6. The van der Waals surface area contributed by atoms with Crippen molar-refractivity contribution in [2.45, 2.75) is 68.8 Å². The smallest absolute Gasteiger partial charge is 0.231 e. The number of piperidine rings is 1. The minimum absolute atomic E-state index is 0.0263. The molecule has 2 aromatic rings. The SMILES string of the molecule is CO[C@]12CC[C@@]3(C[C@@H]1COCc1ccccc1)[C@H]1Cc4ccc(C)c5c4[C@@]3(CCN1CC(N)=O)[C@H]2O5. The molecule has 0 unspecified atom stereocenters. The second-order valence-electron chi connectivity index (χ2n) is 11.8. The van der Waals surface area contributed by atoms with Gasteiger partial charge in [-0.3, -0.25) is 9.69 Å². The summed E-state index contributed by atoms with van der Waals surface area (Å²) >= 11 is 0. The number of carbonyl (C=O) groups excluding carboxylic acids is 1. The Hall–Kier alpha value is -2.41. The lowest BCUT2D eigenvalue weighted by Gasteiger charge is -2.73. The molecule has 6 atom stereocenters. The molecule has 2 N–H and O–H groups in total. The van der Waals surface area contributed by atoms with Crippen LogP contribution >= 0.6 is 0 Å². The van der Waals surface area contributed by atoms with Crippen molar-refractivity contribution in [1.82, 2.24) is 4.90 Å². The van der Waals surface area contributed by atoms with E-state index in [1.165, 1.54) is 22.3 Å². The van der Waals surface area contributed by atoms with Crippen LogP contribution in [0.5, 0.6) is 5.75 Å². The second-order valence-corrected chi connectivity index (χ2v) is 11.8.